The molecule has 0 saturated carbocycles. The van der Waals surface area contributed by atoms with E-state index in [4.69, 9.17) is 5.26 Å². The Morgan fingerprint density at radius 1 is 0.952 bits per heavy atom. The standard InChI is InChI=1S/C13H13NO.3C2H6/c1-5-8-9-13(11(4)15-10-14)12(6-2)7-3;3*1-2/h5-9H,1-4H2;3*1-2H3/b9-8-;;;. The number of ether oxygens (including phenoxy) is 1. The van der Waals surface area contributed by atoms with Gasteiger partial charge in [-0.05, 0) is 5.57 Å². The van der Waals surface area contributed by atoms with Gasteiger partial charge in [-0.2, -0.15) is 0 Å². The lowest BCUT2D eigenvalue weighted by Crippen LogP contribution is -1.91. The molecule has 0 aromatic heterocycles. The first-order valence-corrected chi connectivity index (χ1v) is 7.24. The van der Waals surface area contributed by atoms with Crippen LogP contribution in [-0.4, -0.2) is 0 Å². The molecule has 0 saturated heterocycles. The fourth-order valence-corrected chi connectivity index (χ4v) is 0.928. The Hall–Kier alpha value is -2.27. The van der Waals surface area contributed by atoms with Crippen LogP contribution in [-0.2, 0) is 4.74 Å². The zero-order chi connectivity index (χ0) is 17.7. The van der Waals surface area contributed by atoms with Gasteiger partial charge in [0.05, 0.1) is 0 Å². The zero-order valence-corrected chi connectivity index (χ0v) is 14.6. The van der Waals surface area contributed by atoms with Gasteiger partial charge in [0, 0.05) is 5.57 Å². The fourth-order valence-electron chi connectivity index (χ4n) is 0.928. The van der Waals surface area contributed by atoms with Crippen molar-refractivity contribution in [2.75, 3.05) is 0 Å². The maximum Gasteiger partial charge on any atom is 0.292 e. The van der Waals surface area contributed by atoms with Crippen molar-refractivity contribution in [3.05, 3.63) is 73.6 Å². The second kappa shape index (κ2) is 26.3. The molecular formula is C19H31NO. The summed E-state index contributed by atoms with van der Waals surface area (Å²) >= 11 is 0. The van der Waals surface area contributed by atoms with E-state index in [2.05, 4.69) is 31.1 Å². The summed E-state index contributed by atoms with van der Waals surface area (Å²) < 4.78 is 4.66. The van der Waals surface area contributed by atoms with Gasteiger partial charge in [-0.15, -0.1) is 5.26 Å². The third-order valence-corrected chi connectivity index (χ3v) is 1.62. The molecule has 0 aromatic rings. The molecule has 118 valence electrons. The Labute approximate surface area is 132 Å². The zero-order valence-electron chi connectivity index (χ0n) is 14.6. The maximum atomic E-state index is 8.39. The average Bonchev–Trinajstić information content (AvgIpc) is 2.57. The van der Waals surface area contributed by atoms with Gasteiger partial charge < -0.3 is 4.74 Å². The molecule has 0 spiro atoms. The Bertz CT molecular complexity index is 369. The SMILES string of the molecule is C=C/C=C\C(C(=C)OC#N)=C(C=C)C=C.CC.CC.CC. The quantitative estimate of drug-likeness (QED) is 0.318. The van der Waals surface area contributed by atoms with E-state index in [-0.39, 0.29) is 5.76 Å². The summed E-state index contributed by atoms with van der Waals surface area (Å²) in [5, 5.41) is 8.39. The van der Waals surface area contributed by atoms with Crippen molar-refractivity contribution in [1.29, 1.82) is 5.26 Å². The van der Waals surface area contributed by atoms with E-state index in [9.17, 15) is 0 Å². The fraction of sp³-hybridized carbons (Fsp3) is 0.316. The molecule has 0 aliphatic heterocycles. The highest BCUT2D eigenvalue weighted by molar-refractivity contribution is 5.48. The van der Waals surface area contributed by atoms with Crippen LogP contribution < -0.4 is 0 Å². The number of nitrogens with zero attached hydrogens (tertiary/aromatic N) is 1. The smallest absolute Gasteiger partial charge is 0.292 e. The van der Waals surface area contributed by atoms with E-state index in [1.807, 2.05) is 41.5 Å². The lowest BCUT2D eigenvalue weighted by molar-refractivity contribution is 0.390. The largest absolute Gasteiger partial charge is 0.388 e. The van der Waals surface area contributed by atoms with Crippen LogP contribution in [0.5, 0.6) is 0 Å². The topological polar surface area (TPSA) is 33.0 Å². The molecule has 0 unspecified atom stereocenters. The Morgan fingerprint density at radius 3 is 1.67 bits per heavy atom. The molecule has 0 aromatic carbocycles. The van der Waals surface area contributed by atoms with Crippen molar-refractivity contribution >= 4 is 0 Å². The van der Waals surface area contributed by atoms with Gasteiger partial charge in [-0.1, -0.05) is 98.2 Å². The lowest BCUT2D eigenvalue weighted by atomic mass is 10.1. The summed E-state index contributed by atoms with van der Waals surface area (Å²) in [4.78, 5) is 0. The number of hydrogen-bond donors (Lipinski definition) is 0. The summed E-state index contributed by atoms with van der Waals surface area (Å²) in [6.07, 6.45) is 9.85. The number of rotatable bonds is 6. The van der Waals surface area contributed by atoms with Crippen molar-refractivity contribution in [3.8, 4) is 6.26 Å². The van der Waals surface area contributed by atoms with Gasteiger partial charge in [0.2, 0.25) is 0 Å². The normalized spacial score (nSPS) is 7.10. The average molecular weight is 289 g/mol. The highest BCUT2D eigenvalue weighted by Gasteiger charge is 2.04. The number of nitriles is 1. The molecule has 0 bridgehead atoms. The molecule has 0 heterocycles. The van der Waals surface area contributed by atoms with Gasteiger partial charge in [-0.25, -0.2) is 0 Å². The monoisotopic (exact) mass is 289 g/mol. The third kappa shape index (κ3) is 15.7. The molecular weight excluding hydrogens is 258 g/mol. The molecule has 0 N–H and O–H groups in total. The summed E-state index contributed by atoms with van der Waals surface area (Å²) in [6, 6.07) is 0. The van der Waals surface area contributed by atoms with Crippen LogP contribution in [0.1, 0.15) is 41.5 Å². The van der Waals surface area contributed by atoms with Gasteiger partial charge in [0.15, 0.2) is 0 Å². The van der Waals surface area contributed by atoms with Crippen molar-refractivity contribution in [2.24, 2.45) is 0 Å². The molecule has 0 amide bonds. The van der Waals surface area contributed by atoms with Crippen molar-refractivity contribution in [1.82, 2.24) is 0 Å². The Morgan fingerprint density at radius 2 is 1.38 bits per heavy atom. The summed E-state index contributed by atoms with van der Waals surface area (Å²) in [5.41, 5.74) is 1.40. The summed E-state index contributed by atoms with van der Waals surface area (Å²) in [5.74, 6) is 0.255. The second-order valence-corrected chi connectivity index (χ2v) is 2.49. The lowest BCUT2D eigenvalue weighted by Gasteiger charge is -2.05. The molecule has 21 heavy (non-hydrogen) atoms. The Kier molecular flexibility index (Phi) is 34.0. The third-order valence-electron chi connectivity index (χ3n) is 1.62. The molecule has 0 aliphatic carbocycles. The van der Waals surface area contributed by atoms with E-state index < -0.39 is 0 Å². The van der Waals surface area contributed by atoms with Crippen molar-refractivity contribution in [2.45, 2.75) is 41.5 Å². The summed E-state index contributed by atoms with van der Waals surface area (Å²) in [6.45, 7) is 26.5. The van der Waals surface area contributed by atoms with Crippen LogP contribution in [0, 0.1) is 11.5 Å². The van der Waals surface area contributed by atoms with Crippen LogP contribution >= 0.6 is 0 Å². The second-order valence-electron chi connectivity index (χ2n) is 2.49. The van der Waals surface area contributed by atoms with Crippen LogP contribution in [0.3, 0.4) is 0 Å². The summed E-state index contributed by atoms with van der Waals surface area (Å²) in [7, 11) is 0. The number of hydrogen-bond acceptors (Lipinski definition) is 2. The molecule has 0 radical (unpaired) electrons. The van der Waals surface area contributed by atoms with Crippen LogP contribution in [0.4, 0.5) is 0 Å². The minimum absolute atomic E-state index is 0.255. The first-order chi connectivity index (χ1) is 10.2. The Balaban J connectivity index is -0.000000212. The van der Waals surface area contributed by atoms with Crippen LogP contribution in [0.2, 0.25) is 0 Å². The highest BCUT2D eigenvalue weighted by atomic mass is 16.5. The first kappa shape index (κ1) is 27.1. The van der Waals surface area contributed by atoms with Gasteiger partial charge in [0.25, 0.3) is 6.26 Å². The maximum absolute atomic E-state index is 8.39. The van der Waals surface area contributed by atoms with Crippen LogP contribution in [0.15, 0.2) is 73.6 Å². The predicted octanol–water partition coefficient (Wildman–Crippen LogP) is 6.49. The van der Waals surface area contributed by atoms with E-state index in [1.165, 1.54) is 0 Å². The highest BCUT2D eigenvalue weighted by Crippen LogP contribution is 2.17. The van der Waals surface area contributed by atoms with E-state index in [1.54, 1.807) is 36.6 Å². The molecule has 2 nitrogen and oxygen atoms in total. The van der Waals surface area contributed by atoms with Gasteiger partial charge in [0.1, 0.15) is 5.76 Å². The molecule has 0 aliphatic rings. The van der Waals surface area contributed by atoms with E-state index >= 15 is 0 Å². The van der Waals surface area contributed by atoms with E-state index in [0.717, 1.165) is 5.57 Å². The first-order valence-electron chi connectivity index (χ1n) is 7.24. The number of allylic oxidation sites excluding steroid dienone is 6. The molecule has 0 atom stereocenters. The molecule has 2 heteroatoms. The molecule has 0 rings (SSSR count). The van der Waals surface area contributed by atoms with Crippen LogP contribution in [0.25, 0.3) is 0 Å². The minimum Gasteiger partial charge on any atom is -0.388 e. The minimum atomic E-state index is 0.255. The molecule has 0 fully saturated rings. The van der Waals surface area contributed by atoms with E-state index in [0.29, 0.717) is 5.57 Å². The van der Waals surface area contributed by atoms with Crippen molar-refractivity contribution < 1.29 is 4.74 Å². The van der Waals surface area contributed by atoms with Crippen molar-refractivity contribution in [3.63, 3.8) is 0 Å². The van der Waals surface area contributed by atoms with Gasteiger partial charge in [-0.3, -0.25) is 0 Å². The van der Waals surface area contributed by atoms with Gasteiger partial charge >= 0.3 is 0 Å². The predicted molar refractivity (Wildman–Crippen MR) is 96.6 cm³/mol.